The summed E-state index contributed by atoms with van der Waals surface area (Å²) in [6.45, 7) is -0.152. The topological polar surface area (TPSA) is 65.4 Å². The number of halogens is 2. The Kier molecular flexibility index (Phi) is 5.91. The van der Waals surface area contributed by atoms with Crippen LogP contribution in [0.25, 0.3) is 0 Å². The van der Waals surface area contributed by atoms with Gasteiger partial charge in [-0.15, -0.1) is 0 Å². The Balaban J connectivity index is 2.21. The number of nitrogens with zero attached hydrogens (tertiary/aromatic N) is 2. The molecular weight excluding hydrogens is 349 g/mol. The van der Waals surface area contributed by atoms with Crippen LogP contribution in [-0.4, -0.2) is 31.5 Å². The highest BCUT2D eigenvalue weighted by Crippen LogP contribution is 2.39. The van der Waals surface area contributed by atoms with Gasteiger partial charge >= 0.3 is 0 Å². The summed E-state index contributed by atoms with van der Waals surface area (Å²) in [5.41, 5.74) is 1.69. The van der Waals surface area contributed by atoms with E-state index in [1.54, 1.807) is 38.4 Å². The van der Waals surface area contributed by atoms with Crippen molar-refractivity contribution in [1.82, 2.24) is 4.90 Å². The Hall–Kier alpha value is -2.42. The Labute approximate surface area is 150 Å². The third-order valence-corrected chi connectivity index (χ3v) is 3.77. The second-order valence-corrected chi connectivity index (χ2v) is 5.83. The maximum absolute atomic E-state index is 11.6. The number of amides is 1. The molecule has 1 radical (unpaired) electrons. The quantitative estimate of drug-likeness (QED) is 0.876. The van der Waals surface area contributed by atoms with Gasteiger partial charge in [0.1, 0.15) is 10.8 Å². The summed E-state index contributed by atoms with van der Waals surface area (Å²) in [6, 6.07) is 13.2. The Morgan fingerprint density at radius 2 is 2.00 bits per heavy atom. The van der Waals surface area contributed by atoms with Crippen molar-refractivity contribution in [1.29, 1.82) is 5.26 Å². The van der Waals surface area contributed by atoms with Crippen molar-refractivity contribution in [3.05, 3.63) is 52.0 Å². The molecule has 0 spiro atoms. The van der Waals surface area contributed by atoms with E-state index in [1.807, 2.05) is 6.07 Å². The first kappa shape index (κ1) is 17.9. The van der Waals surface area contributed by atoms with E-state index in [0.717, 1.165) is 0 Å². The van der Waals surface area contributed by atoms with Crippen LogP contribution < -0.4 is 10.1 Å². The highest BCUT2D eigenvalue weighted by atomic mass is 35.5. The molecule has 5 nitrogen and oxygen atoms in total. The zero-order valence-corrected chi connectivity index (χ0v) is 14.6. The van der Waals surface area contributed by atoms with Gasteiger partial charge < -0.3 is 15.0 Å². The zero-order chi connectivity index (χ0) is 17.7. The number of rotatable bonds is 5. The van der Waals surface area contributed by atoms with Crippen molar-refractivity contribution in [2.45, 2.75) is 0 Å². The van der Waals surface area contributed by atoms with Crippen molar-refractivity contribution in [3.8, 4) is 11.8 Å². The first-order chi connectivity index (χ1) is 11.4. The minimum atomic E-state index is -0.198. The van der Waals surface area contributed by atoms with Gasteiger partial charge in [-0.3, -0.25) is 4.79 Å². The van der Waals surface area contributed by atoms with Crippen molar-refractivity contribution in [2.24, 2.45) is 0 Å². The molecule has 1 N–H and O–H groups in total. The fraction of sp³-hybridized carbons (Fsp3) is 0.176. The van der Waals surface area contributed by atoms with E-state index >= 15 is 0 Å². The molecule has 123 valence electrons. The number of hydrogen-bond acceptors (Lipinski definition) is 4. The Bertz CT molecular complexity index is 784. The van der Waals surface area contributed by atoms with Crippen LogP contribution in [-0.2, 0) is 4.79 Å². The summed E-state index contributed by atoms with van der Waals surface area (Å²) >= 11 is 12.5. The lowest BCUT2D eigenvalue weighted by Gasteiger charge is -2.15. The molecule has 0 aliphatic carbocycles. The predicted octanol–water partition coefficient (Wildman–Crippen LogP) is 3.88. The van der Waals surface area contributed by atoms with E-state index in [9.17, 15) is 4.79 Å². The zero-order valence-electron chi connectivity index (χ0n) is 13.1. The van der Waals surface area contributed by atoms with Crippen LogP contribution in [0.4, 0.5) is 11.4 Å². The summed E-state index contributed by atoms with van der Waals surface area (Å²) in [5, 5.41) is 12.5. The fourth-order valence-electron chi connectivity index (χ4n) is 1.74. The third-order valence-electron chi connectivity index (χ3n) is 3.11. The summed E-state index contributed by atoms with van der Waals surface area (Å²) in [4.78, 5) is 13.0. The molecule has 7 heteroatoms. The summed E-state index contributed by atoms with van der Waals surface area (Å²) < 4.78 is 5.41. The van der Waals surface area contributed by atoms with Gasteiger partial charge in [0.25, 0.3) is 5.91 Å². The maximum atomic E-state index is 11.6. The van der Waals surface area contributed by atoms with Gasteiger partial charge in [0, 0.05) is 25.8 Å². The van der Waals surface area contributed by atoms with Gasteiger partial charge in [0.05, 0.1) is 22.3 Å². The minimum absolute atomic E-state index is 0.152. The van der Waals surface area contributed by atoms with Crippen molar-refractivity contribution >= 4 is 40.5 Å². The summed E-state index contributed by atoms with van der Waals surface area (Å²) in [7, 11) is 3.27. The second kappa shape index (κ2) is 7.91. The summed E-state index contributed by atoms with van der Waals surface area (Å²) in [5.74, 6) is 0.0310. The molecule has 0 aromatic heterocycles. The van der Waals surface area contributed by atoms with Crippen LogP contribution in [0.1, 0.15) is 5.56 Å². The molecule has 0 saturated heterocycles. The number of nitrogens with one attached hydrogen (secondary N) is 1. The van der Waals surface area contributed by atoms with E-state index in [2.05, 4.69) is 11.4 Å². The molecule has 1 amide bonds. The molecule has 0 saturated carbocycles. The standard InChI is InChI=1S/C17H14Cl2N3O2/c1-22(2)15(23)10-24-14-8-7-13(18)17(16(14)19)21-12-5-3-11(9-20)4-6-12/h3-7,21H,10H2,1-2H3. The number of benzene rings is 2. The van der Waals surface area contributed by atoms with Crippen LogP contribution in [0.5, 0.6) is 5.75 Å². The van der Waals surface area contributed by atoms with Crippen LogP contribution >= 0.6 is 23.2 Å². The number of carbonyl (C=O) groups excluding carboxylic acids is 1. The average molecular weight is 363 g/mol. The largest absolute Gasteiger partial charge is 0.481 e. The Morgan fingerprint density at radius 1 is 1.33 bits per heavy atom. The van der Waals surface area contributed by atoms with E-state index in [0.29, 0.717) is 22.0 Å². The molecule has 0 heterocycles. The smallest absolute Gasteiger partial charge is 0.259 e. The van der Waals surface area contributed by atoms with Crippen LogP contribution in [0.15, 0.2) is 30.3 Å². The number of carbonyl (C=O) groups is 1. The number of nitriles is 1. The molecule has 2 aromatic carbocycles. The number of ether oxygens (including phenoxy) is 1. The fourth-order valence-corrected chi connectivity index (χ4v) is 2.24. The molecule has 2 aromatic rings. The van der Waals surface area contributed by atoms with E-state index in [4.69, 9.17) is 33.2 Å². The monoisotopic (exact) mass is 362 g/mol. The molecule has 0 aliphatic rings. The van der Waals surface area contributed by atoms with Crippen molar-refractivity contribution in [2.75, 3.05) is 26.0 Å². The first-order valence-electron chi connectivity index (χ1n) is 6.92. The predicted molar refractivity (Wildman–Crippen MR) is 93.9 cm³/mol. The first-order valence-corrected chi connectivity index (χ1v) is 7.67. The number of hydrogen-bond donors (Lipinski definition) is 1. The van der Waals surface area contributed by atoms with Gasteiger partial charge in [-0.05, 0) is 30.3 Å². The molecule has 0 unspecified atom stereocenters. The lowest BCUT2D eigenvalue weighted by molar-refractivity contribution is -0.130. The van der Waals surface area contributed by atoms with Gasteiger partial charge in [0.15, 0.2) is 6.61 Å². The van der Waals surface area contributed by atoms with Crippen LogP contribution in [0.3, 0.4) is 0 Å². The van der Waals surface area contributed by atoms with Crippen molar-refractivity contribution in [3.63, 3.8) is 0 Å². The normalized spacial score (nSPS) is 9.96. The second-order valence-electron chi connectivity index (χ2n) is 5.05. The number of anilines is 2. The van der Waals surface area contributed by atoms with E-state index < -0.39 is 0 Å². The maximum Gasteiger partial charge on any atom is 0.259 e. The molecule has 0 aliphatic heterocycles. The SMILES string of the molecule is CN(C)C(=O)COc1[c]cc(Cl)c(Nc2ccc(C#N)cc2)c1Cl. The average Bonchev–Trinajstić information content (AvgIpc) is 2.58. The van der Waals surface area contributed by atoms with Gasteiger partial charge in [-0.2, -0.15) is 5.26 Å². The van der Waals surface area contributed by atoms with Crippen LogP contribution in [0.2, 0.25) is 10.0 Å². The lowest BCUT2D eigenvalue weighted by atomic mass is 10.2. The van der Waals surface area contributed by atoms with Crippen LogP contribution in [0, 0.1) is 17.4 Å². The molecule has 2 rings (SSSR count). The Morgan fingerprint density at radius 3 is 2.58 bits per heavy atom. The third kappa shape index (κ3) is 4.31. The minimum Gasteiger partial charge on any atom is -0.481 e. The van der Waals surface area contributed by atoms with Gasteiger partial charge in [-0.25, -0.2) is 0 Å². The molecule has 0 fully saturated rings. The molecular formula is C17H14Cl2N3O2. The highest BCUT2D eigenvalue weighted by molar-refractivity contribution is 6.40. The lowest BCUT2D eigenvalue weighted by Crippen LogP contribution is -2.27. The molecule has 0 atom stereocenters. The van der Waals surface area contributed by atoms with E-state index in [-0.39, 0.29) is 23.3 Å². The molecule has 0 bridgehead atoms. The molecule has 24 heavy (non-hydrogen) atoms. The summed E-state index contributed by atoms with van der Waals surface area (Å²) in [6.07, 6.45) is 0. The highest BCUT2D eigenvalue weighted by Gasteiger charge is 2.14. The van der Waals surface area contributed by atoms with Crippen molar-refractivity contribution < 1.29 is 9.53 Å². The van der Waals surface area contributed by atoms with Gasteiger partial charge in [0.2, 0.25) is 0 Å². The van der Waals surface area contributed by atoms with E-state index in [1.165, 1.54) is 11.0 Å². The number of likely N-dealkylation sites (N-methyl/N-ethyl adjacent to an activating group) is 1. The van der Waals surface area contributed by atoms with Gasteiger partial charge in [-0.1, -0.05) is 23.2 Å².